The van der Waals surface area contributed by atoms with Crippen LogP contribution in [0.25, 0.3) is 0 Å². The van der Waals surface area contributed by atoms with Crippen LogP contribution < -0.4 is 0 Å². The third kappa shape index (κ3) is 2.11. The lowest BCUT2D eigenvalue weighted by atomic mass is 9.53. The summed E-state index contributed by atoms with van der Waals surface area (Å²) in [5.41, 5.74) is 4.46. The molecule has 1 fully saturated rings. The van der Waals surface area contributed by atoms with E-state index in [1.165, 1.54) is 12.8 Å². The van der Waals surface area contributed by atoms with Crippen molar-refractivity contribution in [2.75, 3.05) is 0 Å². The van der Waals surface area contributed by atoms with Gasteiger partial charge in [-0.1, -0.05) is 43.6 Å². The summed E-state index contributed by atoms with van der Waals surface area (Å²) in [5.74, 6) is 0.864. The fourth-order valence-corrected chi connectivity index (χ4v) is 5.30. The third-order valence-corrected chi connectivity index (χ3v) is 6.94. The van der Waals surface area contributed by atoms with E-state index >= 15 is 0 Å². The van der Waals surface area contributed by atoms with Crippen molar-refractivity contribution in [3.8, 4) is 0 Å². The fraction of sp³-hybridized carbons (Fsp3) is 0.800. The van der Waals surface area contributed by atoms with Gasteiger partial charge in [0.05, 0.1) is 0 Å². The van der Waals surface area contributed by atoms with Gasteiger partial charge in [0.1, 0.15) is 0 Å². The molecular formula is C20H32. The van der Waals surface area contributed by atoms with E-state index in [0.717, 1.165) is 37.7 Å². The molecule has 0 aliphatic heterocycles. The van der Waals surface area contributed by atoms with Gasteiger partial charge in [0.15, 0.2) is 0 Å². The topological polar surface area (TPSA) is 0 Å². The van der Waals surface area contributed by atoms with Gasteiger partial charge in [-0.15, -0.1) is 0 Å². The van der Waals surface area contributed by atoms with E-state index in [1.54, 1.807) is 11.1 Å². The highest BCUT2D eigenvalue weighted by atomic mass is 14.5. The van der Waals surface area contributed by atoms with E-state index < -0.39 is 6.85 Å². The van der Waals surface area contributed by atoms with Crippen LogP contribution in [0.5, 0.6) is 0 Å². The van der Waals surface area contributed by atoms with Crippen molar-refractivity contribution in [2.45, 2.75) is 79.5 Å². The molecule has 2 bridgehead atoms. The minimum absolute atomic E-state index is 0.163. The first-order valence-electron chi connectivity index (χ1n) is 9.95. The largest absolute Gasteiger partial charge is 0.0853 e. The summed E-state index contributed by atoms with van der Waals surface area (Å²) >= 11 is 0. The van der Waals surface area contributed by atoms with Crippen molar-refractivity contribution in [3.05, 3.63) is 22.8 Å². The highest BCUT2D eigenvalue weighted by Crippen LogP contribution is 2.57. The molecule has 112 valence electrons. The summed E-state index contributed by atoms with van der Waals surface area (Å²) in [6.07, 6.45) is 9.94. The molecule has 0 heterocycles. The molecule has 0 saturated heterocycles. The molecule has 3 atom stereocenters. The molecule has 0 aromatic heterocycles. The van der Waals surface area contributed by atoms with Crippen molar-refractivity contribution >= 4 is 0 Å². The van der Waals surface area contributed by atoms with Crippen LogP contribution in [0, 0.1) is 22.7 Å². The summed E-state index contributed by atoms with van der Waals surface area (Å²) in [4.78, 5) is 0. The summed E-state index contributed by atoms with van der Waals surface area (Å²) in [6.45, 7) is 7.57. The van der Waals surface area contributed by atoms with Gasteiger partial charge in [-0.3, -0.25) is 0 Å². The molecule has 0 nitrogen and oxygen atoms in total. The van der Waals surface area contributed by atoms with Gasteiger partial charge in [-0.2, -0.15) is 0 Å². The van der Waals surface area contributed by atoms with Gasteiger partial charge in [0.2, 0.25) is 0 Å². The van der Waals surface area contributed by atoms with E-state index in [4.69, 9.17) is 4.11 Å². The SMILES string of the molecule is [2H]C([2H])([2H])C1=CCC[C@@]2(C)CCC3=C(C)CC[C@@H](C[C@H]12)C3(C)C. The third-order valence-electron chi connectivity index (χ3n) is 6.94. The van der Waals surface area contributed by atoms with Crippen LogP contribution in [-0.2, 0) is 0 Å². The average molecular weight is 275 g/mol. The maximum Gasteiger partial charge on any atom is 0.0276 e. The van der Waals surface area contributed by atoms with Crippen molar-refractivity contribution < 1.29 is 4.11 Å². The Labute approximate surface area is 129 Å². The summed E-state index contributed by atoms with van der Waals surface area (Å²) in [6, 6.07) is 0. The van der Waals surface area contributed by atoms with E-state index in [1.807, 2.05) is 0 Å². The smallest absolute Gasteiger partial charge is 0.0276 e. The summed E-state index contributed by atoms with van der Waals surface area (Å²) < 4.78 is 24.1. The van der Waals surface area contributed by atoms with Crippen molar-refractivity contribution in [1.82, 2.24) is 0 Å². The fourth-order valence-electron chi connectivity index (χ4n) is 5.30. The van der Waals surface area contributed by atoms with Gasteiger partial charge in [0, 0.05) is 4.11 Å². The molecular weight excluding hydrogens is 240 g/mol. The Bertz CT molecular complexity index is 550. The molecule has 20 heavy (non-hydrogen) atoms. The molecule has 0 aromatic rings. The first-order chi connectivity index (χ1) is 10.6. The Morgan fingerprint density at radius 1 is 1.20 bits per heavy atom. The van der Waals surface area contributed by atoms with Crippen LogP contribution in [0.15, 0.2) is 22.8 Å². The van der Waals surface area contributed by atoms with Crippen LogP contribution in [-0.4, -0.2) is 0 Å². The Balaban J connectivity index is 2.03. The van der Waals surface area contributed by atoms with Crippen LogP contribution in [0.3, 0.4) is 0 Å². The first-order valence-corrected chi connectivity index (χ1v) is 8.45. The molecule has 0 aromatic carbocycles. The van der Waals surface area contributed by atoms with Crippen molar-refractivity contribution in [3.63, 3.8) is 0 Å². The van der Waals surface area contributed by atoms with Gasteiger partial charge < -0.3 is 0 Å². The molecule has 3 rings (SSSR count). The molecule has 3 aliphatic carbocycles. The molecule has 0 amide bonds. The second kappa shape index (κ2) is 4.75. The molecule has 0 radical (unpaired) electrons. The number of fused-ring (bicyclic) bond motifs is 3. The zero-order chi connectivity index (χ0) is 17.0. The average Bonchev–Trinajstić information content (AvgIpc) is 2.41. The zero-order valence-corrected chi connectivity index (χ0v) is 13.7. The Hall–Kier alpha value is -0.520. The van der Waals surface area contributed by atoms with Crippen LogP contribution >= 0.6 is 0 Å². The van der Waals surface area contributed by atoms with Gasteiger partial charge in [-0.05, 0) is 81.4 Å². The van der Waals surface area contributed by atoms with Crippen LogP contribution in [0.2, 0.25) is 0 Å². The molecule has 3 aliphatic rings. The number of hydrogen-bond acceptors (Lipinski definition) is 0. The molecule has 0 unspecified atom stereocenters. The number of rotatable bonds is 0. The Morgan fingerprint density at radius 3 is 2.75 bits per heavy atom. The maximum atomic E-state index is 8.03. The zero-order valence-electron chi connectivity index (χ0n) is 16.7. The summed E-state index contributed by atoms with van der Waals surface area (Å²) in [7, 11) is 0. The molecule has 0 heteroatoms. The second-order valence-corrected chi connectivity index (χ2v) is 8.36. The normalized spacial score (nSPS) is 43.4. The lowest BCUT2D eigenvalue weighted by molar-refractivity contribution is 0.0802. The Morgan fingerprint density at radius 2 is 2.00 bits per heavy atom. The van der Waals surface area contributed by atoms with Gasteiger partial charge >= 0.3 is 0 Å². The van der Waals surface area contributed by atoms with Crippen LogP contribution in [0.4, 0.5) is 0 Å². The van der Waals surface area contributed by atoms with Gasteiger partial charge in [-0.25, -0.2) is 0 Å². The maximum absolute atomic E-state index is 8.03. The summed E-state index contributed by atoms with van der Waals surface area (Å²) in [5, 5.41) is 0. The number of hydrogen-bond donors (Lipinski definition) is 0. The highest BCUT2D eigenvalue weighted by molar-refractivity contribution is 5.27. The Kier molecular flexibility index (Phi) is 2.64. The predicted octanol–water partition coefficient (Wildman–Crippen LogP) is 6.29. The monoisotopic (exact) mass is 275 g/mol. The standard InChI is InChI=1S/C20H32/c1-14-7-6-11-20(5)12-10-17-15(2)8-9-16(13-18(14)20)19(17,3)4/h7,16,18H,6,8-13H2,1-5H3/t16-,18+,20-/m0/s1/i1D3. The lowest BCUT2D eigenvalue weighted by Gasteiger charge is -2.52. The van der Waals surface area contributed by atoms with E-state index in [2.05, 4.69) is 33.8 Å². The highest BCUT2D eigenvalue weighted by Gasteiger charge is 2.46. The first kappa shape index (κ1) is 11.1. The van der Waals surface area contributed by atoms with Crippen LogP contribution in [0.1, 0.15) is 83.6 Å². The molecule has 0 spiro atoms. The van der Waals surface area contributed by atoms with Crippen molar-refractivity contribution in [2.24, 2.45) is 22.7 Å². The predicted molar refractivity (Wildman–Crippen MR) is 87.6 cm³/mol. The quantitative estimate of drug-likeness (QED) is 0.456. The molecule has 1 saturated carbocycles. The van der Waals surface area contributed by atoms with Crippen molar-refractivity contribution in [1.29, 1.82) is 0 Å². The second-order valence-electron chi connectivity index (χ2n) is 8.36. The lowest BCUT2D eigenvalue weighted by Crippen LogP contribution is -2.41. The minimum atomic E-state index is -1.92. The molecule has 0 N–H and O–H groups in total. The minimum Gasteiger partial charge on any atom is -0.0853 e. The number of allylic oxidation sites excluding steroid dienone is 4. The van der Waals surface area contributed by atoms with E-state index in [0.29, 0.717) is 5.92 Å². The van der Waals surface area contributed by atoms with E-state index in [-0.39, 0.29) is 16.7 Å². The van der Waals surface area contributed by atoms with E-state index in [9.17, 15) is 0 Å². The van der Waals surface area contributed by atoms with Gasteiger partial charge in [0.25, 0.3) is 0 Å².